The fourth-order valence-electron chi connectivity index (χ4n) is 2.48. The van der Waals surface area contributed by atoms with Crippen molar-refractivity contribution in [3.63, 3.8) is 0 Å². The fraction of sp³-hybridized carbons (Fsp3) is 0.100. The van der Waals surface area contributed by atoms with Crippen molar-refractivity contribution in [2.45, 2.75) is 13.8 Å². The van der Waals surface area contributed by atoms with Gasteiger partial charge in [-0.05, 0) is 48.9 Å². The van der Waals surface area contributed by atoms with Crippen LogP contribution in [0.15, 0.2) is 54.9 Å². The number of hydrogen-bond acceptors (Lipinski definition) is 5. The highest BCUT2D eigenvalue weighted by Gasteiger charge is 2.10. The summed E-state index contributed by atoms with van der Waals surface area (Å²) in [7, 11) is 0. The van der Waals surface area contributed by atoms with Crippen LogP contribution in [0.25, 0.3) is 0 Å². The van der Waals surface area contributed by atoms with Crippen molar-refractivity contribution in [1.82, 2.24) is 9.97 Å². The van der Waals surface area contributed by atoms with Gasteiger partial charge in [0, 0.05) is 41.4 Å². The summed E-state index contributed by atoms with van der Waals surface area (Å²) < 4.78 is 0. The molecular formula is C20H18ClN5O2. The molecule has 0 saturated carbocycles. The molecule has 0 atom stereocenters. The first-order valence-corrected chi connectivity index (χ1v) is 8.83. The Morgan fingerprint density at radius 2 is 1.68 bits per heavy atom. The predicted octanol–water partition coefficient (Wildman–Crippen LogP) is 4.39. The molecule has 3 N–H and O–H groups in total. The van der Waals surface area contributed by atoms with E-state index in [9.17, 15) is 9.59 Å². The maximum atomic E-state index is 12.4. The molecule has 2 aromatic carbocycles. The third-order valence-electron chi connectivity index (χ3n) is 3.79. The molecule has 0 spiro atoms. The number of hydrogen-bond donors (Lipinski definition) is 3. The smallest absolute Gasteiger partial charge is 0.258 e. The number of carbonyl (C=O) groups is 2. The second-order valence-electron chi connectivity index (χ2n) is 6.10. The minimum Gasteiger partial charge on any atom is -0.326 e. The fourth-order valence-corrected chi connectivity index (χ4v) is 2.71. The summed E-state index contributed by atoms with van der Waals surface area (Å²) in [5.74, 6) is -0.136. The summed E-state index contributed by atoms with van der Waals surface area (Å²) in [6.07, 6.45) is 2.88. The lowest BCUT2D eigenvalue weighted by atomic mass is 10.2. The van der Waals surface area contributed by atoms with E-state index >= 15 is 0 Å². The number of carbonyl (C=O) groups excluding carboxylic acids is 2. The van der Waals surface area contributed by atoms with Gasteiger partial charge < -0.3 is 16.0 Å². The van der Waals surface area contributed by atoms with E-state index in [-0.39, 0.29) is 11.8 Å². The highest BCUT2D eigenvalue weighted by Crippen LogP contribution is 2.21. The van der Waals surface area contributed by atoms with Gasteiger partial charge in [0.2, 0.25) is 11.9 Å². The minimum atomic E-state index is -0.315. The van der Waals surface area contributed by atoms with Crippen molar-refractivity contribution < 1.29 is 9.59 Å². The maximum absolute atomic E-state index is 12.4. The Labute approximate surface area is 167 Å². The molecule has 1 heterocycles. The lowest BCUT2D eigenvalue weighted by molar-refractivity contribution is -0.114. The number of aromatic nitrogens is 2. The van der Waals surface area contributed by atoms with Crippen molar-refractivity contribution in [1.29, 1.82) is 0 Å². The van der Waals surface area contributed by atoms with E-state index in [0.717, 1.165) is 5.56 Å². The molecule has 2 amide bonds. The molecule has 0 radical (unpaired) electrons. The Balaban J connectivity index is 1.67. The molecule has 0 aliphatic heterocycles. The molecule has 0 aliphatic carbocycles. The SMILES string of the molecule is CC(=O)Nc1cccc(Nc2ncc(C(=O)Nc3ccc(Cl)cc3C)cn2)c1. The Hall–Kier alpha value is -3.45. The highest BCUT2D eigenvalue weighted by atomic mass is 35.5. The molecule has 1 aromatic heterocycles. The van der Waals surface area contributed by atoms with Gasteiger partial charge in [-0.1, -0.05) is 17.7 Å². The van der Waals surface area contributed by atoms with Crippen LogP contribution in [-0.2, 0) is 4.79 Å². The number of anilines is 4. The van der Waals surface area contributed by atoms with E-state index in [4.69, 9.17) is 11.6 Å². The van der Waals surface area contributed by atoms with Crippen LogP contribution < -0.4 is 16.0 Å². The van der Waals surface area contributed by atoms with Gasteiger partial charge in [0.05, 0.1) is 5.56 Å². The quantitative estimate of drug-likeness (QED) is 0.595. The number of amides is 2. The van der Waals surface area contributed by atoms with Crippen LogP contribution in [-0.4, -0.2) is 21.8 Å². The Morgan fingerprint density at radius 1 is 0.964 bits per heavy atom. The number of rotatable bonds is 5. The number of benzene rings is 2. The highest BCUT2D eigenvalue weighted by molar-refractivity contribution is 6.30. The van der Waals surface area contributed by atoms with E-state index in [0.29, 0.717) is 33.6 Å². The van der Waals surface area contributed by atoms with Crippen LogP contribution in [0.5, 0.6) is 0 Å². The van der Waals surface area contributed by atoms with Crippen LogP contribution in [0.1, 0.15) is 22.8 Å². The van der Waals surface area contributed by atoms with Gasteiger partial charge in [0.15, 0.2) is 0 Å². The van der Waals surface area contributed by atoms with Gasteiger partial charge in [-0.15, -0.1) is 0 Å². The average Bonchev–Trinajstić information content (AvgIpc) is 2.64. The molecule has 0 fully saturated rings. The summed E-state index contributed by atoms with van der Waals surface area (Å²) in [6, 6.07) is 12.4. The first-order valence-electron chi connectivity index (χ1n) is 8.45. The Morgan fingerprint density at radius 3 is 2.36 bits per heavy atom. The summed E-state index contributed by atoms with van der Waals surface area (Å²) in [6.45, 7) is 3.30. The first-order chi connectivity index (χ1) is 13.4. The zero-order valence-corrected chi connectivity index (χ0v) is 16.0. The molecule has 3 aromatic rings. The van der Waals surface area contributed by atoms with Crippen LogP contribution in [0.4, 0.5) is 23.0 Å². The standard InChI is InChI=1S/C20H18ClN5O2/c1-12-8-15(21)6-7-18(12)26-19(28)14-10-22-20(23-11-14)25-17-5-3-4-16(9-17)24-13(2)27/h3-11H,1-2H3,(H,24,27)(H,26,28)(H,22,23,25). The summed E-state index contributed by atoms with van der Waals surface area (Å²) >= 11 is 5.93. The van der Waals surface area contributed by atoms with Gasteiger partial charge in [-0.2, -0.15) is 0 Å². The van der Waals surface area contributed by atoms with Crippen LogP contribution in [0.2, 0.25) is 5.02 Å². The Kier molecular flexibility index (Phi) is 5.86. The third kappa shape index (κ3) is 5.05. The minimum absolute atomic E-state index is 0.153. The van der Waals surface area contributed by atoms with E-state index < -0.39 is 0 Å². The topological polar surface area (TPSA) is 96.0 Å². The third-order valence-corrected chi connectivity index (χ3v) is 4.02. The molecule has 0 aliphatic rings. The molecule has 0 unspecified atom stereocenters. The number of halogens is 1. The molecule has 142 valence electrons. The van der Waals surface area contributed by atoms with Crippen molar-refractivity contribution in [2.24, 2.45) is 0 Å². The Bertz CT molecular complexity index is 1020. The molecule has 28 heavy (non-hydrogen) atoms. The lowest BCUT2D eigenvalue weighted by Gasteiger charge is -2.10. The van der Waals surface area contributed by atoms with E-state index in [1.54, 1.807) is 36.4 Å². The van der Waals surface area contributed by atoms with Crippen molar-refractivity contribution in [2.75, 3.05) is 16.0 Å². The average molecular weight is 396 g/mol. The zero-order chi connectivity index (χ0) is 20.1. The predicted molar refractivity (Wildman–Crippen MR) is 110 cm³/mol. The van der Waals surface area contributed by atoms with Crippen molar-refractivity contribution in [3.8, 4) is 0 Å². The molecule has 0 bridgehead atoms. The number of nitrogens with zero attached hydrogens (tertiary/aromatic N) is 2. The van der Waals surface area contributed by atoms with E-state index in [1.807, 2.05) is 13.0 Å². The van der Waals surface area contributed by atoms with Crippen LogP contribution >= 0.6 is 11.6 Å². The summed E-state index contributed by atoms with van der Waals surface area (Å²) in [4.78, 5) is 31.9. The first kappa shape index (κ1) is 19.3. The van der Waals surface area contributed by atoms with E-state index in [2.05, 4.69) is 25.9 Å². The molecule has 0 saturated heterocycles. The summed E-state index contributed by atoms with van der Waals surface area (Å²) in [5.41, 5.74) is 3.23. The van der Waals surface area contributed by atoms with Crippen molar-refractivity contribution in [3.05, 3.63) is 71.0 Å². The van der Waals surface area contributed by atoms with Crippen molar-refractivity contribution >= 4 is 46.4 Å². The van der Waals surface area contributed by atoms with Crippen LogP contribution in [0, 0.1) is 6.92 Å². The second kappa shape index (κ2) is 8.49. The van der Waals surface area contributed by atoms with E-state index in [1.165, 1.54) is 19.3 Å². The normalized spacial score (nSPS) is 10.2. The largest absolute Gasteiger partial charge is 0.326 e. The lowest BCUT2D eigenvalue weighted by Crippen LogP contribution is -2.14. The monoisotopic (exact) mass is 395 g/mol. The molecular weight excluding hydrogens is 378 g/mol. The van der Waals surface area contributed by atoms with Gasteiger partial charge in [0.25, 0.3) is 5.91 Å². The maximum Gasteiger partial charge on any atom is 0.258 e. The zero-order valence-electron chi connectivity index (χ0n) is 15.3. The van der Waals surface area contributed by atoms with Gasteiger partial charge in [0.1, 0.15) is 0 Å². The molecule has 3 rings (SSSR count). The van der Waals surface area contributed by atoms with Gasteiger partial charge in [-0.3, -0.25) is 9.59 Å². The van der Waals surface area contributed by atoms with Gasteiger partial charge >= 0.3 is 0 Å². The van der Waals surface area contributed by atoms with Crippen LogP contribution in [0.3, 0.4) is 0 Å². The summed E-state index contributed by atoms with van der Waals surface area (Å²) in [5, 5.41) is 9.15. The molecule has 8 heteroatoms. The molecule has 7 nitrogen and oxygen atoms in total. The number of aryl methyl sites for hydroxylation is 1. The second-order valence-corrected chi connectivity index (χ2v) is 6.53. The van der Waals surface area contributed by atoms with Gasteiger partial charge in [-0.25, -0.2) is 9.97 Å². The number of nitrogens with one attached hydrogen (secondary N) is 3.